The first kappa shape index (κ1) is 17.5. The fraction of sp³-hybridized carbons (Fsp3) is 0.688. The Labute approximate surface area is 136 Å². The number of rotatable bonds is 8. The van der Waals surface area contributed by atoms with Crippen molar-refractivity contribution in [3.8, 4) is 0 Å². The lowest BCUT2D eigenvalue weighted by Crippen LogP contribution is -2.42. The third-order valence-electron chi connectivity index (χ3n) is 4.25. The van der Waals surface area contributed by atoms with Gasteiger partial charge in [-0.2, -0.15) is 0 Å². The molecule has 128 valence electrons. The Bertz CT molecular complexity index is 512. The first-order valence-electron chi connectivity index (χ1n) is 8.34. The van der Waals surface area contributed by atoms with E-state index in [2.05, 4.69) is 20.2 Å². The lowest BCUT2D eigenvalue weighted by atomic mass is 10.0. The average Bonchev–Trinajstić information content (AvgIpc) is 2.58. The zero-order chi connectivity index (χ0) is 16.7. The van der Waals surface area contributed by atoms with E-state index in [1.807, 2.05) is 6.92 Å². The summed E-state index contributed by atoms with van der Waals surface area (Å²) in [5.74, 6) is 0.381. The van der Waals surface area contributed by atoms with Crippen LogP contribution in [0.2, 0.25) is 0 Å². The number of hydrogen-bond acceptors (Lipinski definition) is 6. The van der Waals surface area contributed by atoms with Crippen molar-refractivity contribution in [1.29, 1.82) is 0 Å². The predicted octanol–water partition coefficient (Wildman–Crippen LogP) is 1.88. The van der Waals surface area contributed by atoms with Crippen LogP contribution >= 0.6 is 0 Å². The SMILES string of the molecule is CCCCC(Nc1cc(N2CCCCC2CO)ncn1)C(=O)O. The fourth-order valence-electron chi connectivity index (χ4n) is 2.92. The van der Waals surface area contributed by atoms with Gasteiger partial charge in [0.25, 0.3) is 0 Å². The van der Waals surface area contributed by atoms with Crippen LogP contribution in [0.25, 0.3) is 0 Å². The van der Waals surface area contributed by atoms with Crippen molar-refractivity contribution < 1.29 is 15.0 Å². The van der Waals surface area contributed by atoms with Gasteiger partial charge in [0.2, 0.25) is 0 Å². The van der Waals surface area contributed by atoms with Crippen LogP contribution in [0.1, 0.15) is 45.4 Å². The molecule has 0 amide bonds. The van der Waals surface area contributed by atoms with E-state index in [1.165, 1.54) is 6.33 Å². The number of carboxylic acids is 1. The van der Waals surface area contributed by atoms with Crippen LogP contribution in [0.4, 0.5) is 11.6 Å². The monoisotopic (exact) mass is 322 g/mol. The number of aliphatic carboxylic acids is 1. The number of hydrogen-bond donors (Lipinski definition) is 3. The summed E-state index contributed by atoms with van der Waals surface area (Å²) >= 11 is 0. The van der Waals surface area contributed by atoms with E-state index in [0.717, 1.165) is 44.5 Å². The number of nitrogens with one attached hydrogen (secondary N) is 1. The molecule has 0 spiro atoms. The molecular weight excluding hydrogens is 296 g/mol. The zero-order valence-corrected chi connectivity index (χ0v) is 13.6. The molecule has 7 nitrogen and oxygen atoms in total. The van der Waals surface area contributed by atoms with Gasteiger partial charge in [-0.1, -0.05) is 19.8 Å². The Morgan fingerprint density at radius 1 is 1.48 bits per heavy atom. The topological polar surface area (TPSA) is 98.6 Å². The molecule has 1 aromatic heterocycles. The van der Waals surface area contributed by atoms with Gasteiger partial charge >= 0.3 is 5.97 Å². The summed E-state index contributed by atoms with van der Waals surface area (Å²) in [5.41, 5.74) is 0. The minimum Gasteiger partial charge on any atom is -0.480 e. The summed E-state index contributed by atoms with van der Waals surface area (Å²) in [6.45, 7) is 2.98. The highest BCUT2D eigenvalue weighted by molar-refractivity contribution is 5.77. The number of carboxylic acid groups (broad SMARTS) is 1. The highest BCUT2D eigenvalue weighted by atomic mass is 16.4. The summed E-state index contributed by atoms with van der Waals surface area (Å²) in [7, 11) is 0. The molecule has 0 bridgehead atoms. The molecule has 7 heteroatoms. The Morgan fingerprint density at radius 3 is 3.00 bits per heavy atom. The Morgan fingerprint density at radius 2 is 2.30 bits per heavy atom. The smallest absolute Gasteiger partial charge is 0.326 e. The van der Waals surface area contributed by atoms with Crippen molar-refractivity contribution in [2.75, 3.05) is 23.4 Å². The molecule has 23 heavy (non-hydrogen) atoms. The average molecular weight is 322 g/mol. The number of aliphatic hydroxyl groups excluding tert-OH is 1. The van der Waals surface area contributed by atoms with Gasteiger partial charge in [0.05, 0.1) is 12.6 Å². The molecule has 0 saturated carbocycles. The number of piperidine rings is 1. The summed E-state index contributed by atoms with van der Waals surface area (Å²) in [6.07, 6.45) is 6.92. The maximum Gasteiger partial charge on any atom is 0.326 e. The molecule has 2 rings (SSSR count). The van der Waals surface area contributed by atoms with Crippen molar-refractivity contribution in [2.45, 2.75) is 57.5 Å². The lowest BCUT2D eigenvalue weighted by molar-refractivity contribution is -0.138. The number of unbranched alkanes of at least 4 members (excludes halogenated alkanes) is 1. The van der Waals surface area contributed by atoms with Crippen molar-refractivity contribution in [1.82, 2.24) is 9.97 Å². The highest BCUT2D eigenvalue weighted by Gasteiger charge is 2.24. The molecule has 1 aliphatic rings. The number of nitrogens with zero attached hydrogens (tertiary/aromatic N) is 3. The van der Waals surface area contributed by atoms with E-state index in [4.69, 9.17) is 0 Å². The second-order valence-electron chi connectivity index (χ2n) is 5.96. The van der Waals surface area contributed by atoms with Crippen molar-refractivity contribution in [2.24, 2.45) is 0 Å². The second kappa shape index (κ2) is 8.67. The quantitative estimate of drug-likeness (QED) is 0.672. The number of aromatic nitrogens is 2. The molecule has 1 fully saturated rings. The van der Waals surface area contributed by atoms with Crippen LogP contribution in [0.15, 0.2) is 12.4 Å². The van der Waals surface area contributed by atoms with Crippen LogP contribution in [0, 0.1) is 0 Å². The molecule has 1 aromatic rings. The lowest BCUT2D eigenvalue weighted by Gasteiger charge is -2.35. The van der Waals surface area contributed by atoms with E-state index in [1.54, 1.807) is 6.07 Å². The number of carbonyl (C=O) groups is 1. The summed E-state index contributed by atoms with van der Waals surface area (Å²) in [4.78, 5) is 21.9. The minimum absolute atomic E-state index is 0.0712. The molecular formula is C16H26N4O3. The van der Waals surface area contributed by atoms with Crippen LogP contribution in [0.3, 0.4) is 0 Å². The van der Waals surface area contributed by atoms with Crippen LogP contribution in [0.5, 0.6) is 0 Å². The van der Waals surface area contributed by atoms with Gasteiger partial charge in [-0.15, -0.1) is 0 Å². The maximum atomic E-state index is 11.3. The zero-order valence-electron chi connectivity index (χ0n) is 13.6. The van der Waals surface area contributed by atoms with Gasteiger partial charge in [0, 0.05) is 12.6 Å². The molecule has 2 unspecified atom stereocenters. The molecule has 0 radical (unpaired) electrons. The van der Waals surface area contributed by atoms with E-state index in [-0.39, 0.29) is 12.6 Å². The van der Waals surface area contributed by atoms with Gasteiger partial charge in [-0.3, -0.25) is 0 Å². The van der Waals surface area contributed by atoms with Crippen molar-refractivity contribution >= 4 is 17.6 Å². The maximum absolute atomic E-state index is 11.3. The van der Waals surface area contributed by atoms with Gasteiger partial charge in [-0.05, 0) is 25.7 Å². The second-order valence-corrected chi connectivity index (χ2v) is 5.96. The van der Waals surface area contributed by atoms with Crippen molar-refractivity contribution in [3.63, 3.8) is 0 Å². The molecule has 0 aromatic carbocycles. The van der Waals surface area contributed by atoms with E-state index in [9.17, 15) is 15.0 Å². The molecule has 2 atom stereocenters. The fourth-order valence-corrected chi connectivity index (χ4v) is 2.92. The molecule has 2 heterocycles. The molecule has 1 aliphatic heterocycles. The van der Waals surface area contributed by atoms with E-state index >= 15 is 0 Å². The minimum atomic E-state index is -0.871. The van der Waals surface area contributed by atoms with Gasteiger partial charge < -0.3 is 20.4 Å². The van der Waals surface area contributed by atoms with Gasteiger partial charge in [-0.25, -0.2) is 14.8 Å². The Kier molecular flexibility index (Phi) is 6.58. The third kappa shape index (κ3) is 4.79. The highest BCUT2D eigenvalue weighted by Crippen LogP contribution is 2.24. The van der Waals surface area contributed by atoms with E-state index < -0.39 is 12.0 Å². The Balaban J connectivity index is 2.10. The standard InChI is InChI=1S/C16H26N4O3/c1-2-3-7-13(16(22)23)19-14-9-15(18-11-17-14)20-8-5-4-6-12(20)10-21/h9,11-13,21H,2-8,10H2,1H3,(H,22,23)(H,17,18,19). The number of anilines is 2. The van der Waals surface area contributed by atoms with Crippen LogP contribution in [-0.2, 0) is 4.79 Å². The Hall–Kier alpha value is -1.89. The third-order valence-corrected chi connectivity index (χ3v) is 4.25. The first-order chi connectivity index (χ1) is 11.2. The summed E-state index contributed by atoms with van der Waals surface area (Å²) < 4.78 is 0. The summed E-state index contributed by atoms with van der Waals surface area (Å²) in [5, 5.41) is 21.8. The predicted molar refractivity (Wildman–Crippen MR) is 88.7 cm³/mol. The molecule has 1 saturated heterocycles. The largest absolute Gasteiger partial charge is 0.480 e. The number of aliphatic hydroxyl groups is 1. The van der Waals surface area contributed by atoms with Gasteiger partial charge in [0.1, 0.15) is 24.0 Å². The normalized spacial score (nSPS) is 19.4. The van der Waals surface area contributed by atoms with Gasteiger partial charge in [0.15, 0.2) is 0 Å². The molecule has 3 N–H and O–H groups in total. The van der Waals surface area contributed by atoms with Crippen LogP contribution in [-0.4, -0.2) is 51.4 Å². The van der Waals surface area contributed by atoms with E-state index in [0.29, 0.717) is 12.2 Å². The molecule has 0 aliphatic carbocycles. The first-order valence-corrected chi connectivity index (χ1v) is 8.34. The summed E-state index contributed by atoms with van der Waals surface area (Å²) in [6, 6.07) is 1.20. The van der Waals surface area contributed by atoms with Crippen molar-refractivity contribution in [3.05, 3.63) is 12.4 Å². The van der Waals surface area contributed by atoms with Crippen LogP contribution < -0.4 is 10.2 Å².